The number of halogens is 2. The number of esters is 1. The maximum atomic E-state index is 13.6. The van der Waals surface area contributed by atoms with Gasteiger partial charge in [-0.1, -0.05) is 12.1 Å². The van der Waals surface area contributed by atoms with Gasteiger partial charge in [0.25, 0.3) is 5.91 Å². The molecule has 136 valence electrons. The Morgan fingerprint density at radius 3 is 2.69 bits per heavy atom. The van der Waals surface area contributed by atoms with Crippen LogP contribution in [0.4, 0.5) is 14.5 Å². The molecule has 1 heterocycles. The van der Waals surface area contributed by atoms with E-state index in [4.69, 9.17) is 14.2 Å². The fourth-order valence-electron chi connectivity index (χ4n) is 2.27. The Hall–Kier alpha value is -3.16. The van der Waals surface area contributed by atoms with E-state index in [1.165, 1.54) is 6.92 Å². The van der Waals surface area contributed by atoms with Crippen molar-refractivity contribution in [1.29, 1.82) is 0 Å². The van der Waals surface area contributed by atoms with E-state index >= 15 is 0 Å². The first kappa shape index (κ1) is 17.7. The zero-order chi connectivity index (χ0) is 18.7. The molecule has 1 N–H and O–H groups in total. The zero-order valence-corrected chi connectivity index (χ0v) is 13.7. The van der Waals surface area contributed by atoms with Gasteiger partial charge in [0.05, 0.1) is 5.69 Å². The van der Waals surface area contributed by atoms with Crippen LogP contribution in [0.25, 0.3) is 0 Å². The van der Waals surface area contributed by atoms with Crippen molar-refractivity contribution in [2.24, 2.45) is 0 Å². The molecule has 0 unspecified atom stereocenters. The molecule has 0 saturated carbocycles. The Kier molecular flexibility index (Phi) is 5.01. The summed E-state index contributed by atoms with van der Waals surface area (Å²) in [5.41, 5.74) is -0.343. The molecule has 1 aliphatic rings. The van der Waals surface area contributed by atoms with Crippen molar-refractivity contribution in [3.05, 3.63) is 54.1 Å². The van der Waals surface area contributed by atoms with Crippen molar-refractivity contribution in [3.8, 4) is 11.5 Å². The van der Waals surface area contributed by atoms with Crippen LogP contribution < -0.4 is 14.8 Å². The smallest absolute Gasteiger partial charge is 0.351 e. The lowest BCUT2D eigenvalue weighted by molar-refractivity contribution is -0.162. The molecule has 3 rings (SSSR count). The molecule has 0 aliphatic carbocycles. The van der Waals surface area contributed by atoms with Gasteiger partial charge >= 0.3 is 5.97 Å². The van der Waals surface area contributed by atoms with Gasteiger partial charge in [0.1, 0.15) is 18.2 Å². The van der Waals surface area contributed by atoms with Crippen LogP contribution in [-0.2, 0) is 14.3 Å². The molecule has 0 radical (unpaired) electrons. The summed E-state index contributed by atoms with van der Waals surface area (Å²) in [5.74, 6) is -2.23. The number of benzene rings is 2. The number of carbonyl (C=O) groups is 2. The summed E-state index contributed by atoms with van der Waals surface area (Å²) in [4.78, 5) is 24.2. The first-order chi connectivity index (χ1) is 12.4. The quantitative estimate of drug-likeness (QED) is 0.846. The van der Waals surface area contributed by atoms with Crippen molar-refractivity contribution < 1.29 is 32.6 Å². The third-order valence-electron chi connectivity index (χ3n) is 3.62. The number of carbonyl (C=O) groups excluding carboxylic acids is 2. The molecule has 0 aromatic heterocycles. The summed E-state index contributed by atoms with van der Waals surface area (Å²) in [5, 5.41) is 2.17. The van der Waals surface area contributed by atoms with Gasteiger partial charge in [-0.15, -0.1) is 0 Å². The minimum absolute atomic E-state index is 0.0668. The maximum Gasteiger partial charge on any atom is 0.351 e. The fourth-order valence-corrected chi connectivity index (χ4v) is 2.27. The maximum absolute atomic E-state index is 13.6. The lowest BCUT2D eigenvalue weighted by atomic mass is 10.2. The predicted molar refractivity (Wildman–Crippen MR) is 86.9 cm³/mol. The van der Waals surface area contributed by atoms with Crippen molar-refractivity contribution >= 4 is 17.6 Å². The fraction of sp³-hybridized carbons (Fsp3) is 0.222. The first-order valence-electron chi connectivity index (χ1n) is 7.79. The standard InChI is InChI=1S/C18H15F2NO5/c1-10(17(22)21-13-8-11(19)6-7-12(13)20)25-18(23)16-9-24-14-4-2-3-5-15(14)26-16/h2-8,10,16H,9H2,1H3,(H,21,22)/t10-,16-/m0/s1. The van der Waals surface area contributed by atoms with E-state index in [2.05, 4.69) is 5.32 Å². The van der Waals surface area contributed by atoms with Crippen LogP contribution in [0.5, 0.6) is 11.5 Å². The Bertz CT molecular complexity index is 842. The van der Waals surface area contributed by atoms with Crippen LogP contribution in [-0.4, -0.2) is 30.7 Å². The highest BCUT2D eigenvalue weighted by molar-refractivity contribution is 5.95. The number of rotatable bonds is 4. The van der Waals surface area contributed by atoms with E-state index in [0.717, 1.165) is 18.2 Å². The summed E-state index contributed by atoms with van der Waals surface area (Å²) < 4.78 is 42.6. The molecule has 6 nitrogen and oxygen atoms in total. The van der Waals surface area contributed by atoms with Crippen LogP contribution in [0.1, 0.15) is 6.92 Å². The first-order valence-corrected chi connectivity index (χ1v) is 7.79. The van der Waals surface area contributed by atoms with Crippen LogP contribution in [0.3, 0.4) is 0 Å². The topological polar surface area (TPSA) is 73.9 Å². The molecular formula is C18H15F2NO5. The molecule has 1 aliphatic heterocycles. The number of ether oxygens (including phenoxy) is 3. The monoisotopic (exact) mass is 363 g/mol. The second kappa shape index (κ2) is 7.38. The lowest BCUT2D eigenvalue weighted by Crippen LogP contribution is -2.41. The van der Waals surface area contributed by atoms with Gasteiger partial charge in [0.2, 0.25) is 6.10 Å². The minimum atomic E-state index is -1.24. The highest BCUT2D eigenvalue weighted by Gasteiger charge is 2.31. The molecule has 0 saturated heterocycles. The van der Waals surface area contributed by atoms with Crippen LogP contribution >= 0.6 is 0 Å². The number of amides is 1. The highest BCUT2D eigenvalue weighted by Crippen LogP contribution is 2.31. The predicted octanol–water partition coefficient (Wildman–Crippen LogP) is 2.67. The molecule has 2 atom stereocenters. The molecule has 2 aromatic rings. The molecule has 0 bridgehead atoms. The Labute approximate surface area is 147 Å². The van der Waals surface area contributed by atoms with Gasteiger partial charge < -0.3 is 19.5 Å². The van der Waals surface area contributed by atoms with Gasteiger partial charge in [-0.25, -0.2) is 13.6 Å². The summed E-state index contributed by atoms with van der Waals surface area (Å²) in [6.07, 6.45) is -2.28. The number of hydrogen-bond acceptors (Lipinski definition) is 5. The molecule has 8 heteroatoms. The van der Waals surface area contributed by atoms with Crippen molar-refractivity contribution in [2.75, 3.05) is 11.9 Å². The molecule has 0 fully saturated rings. The largest absolute Gasteiger partial charge is 0.485 e. The van der Waals surface area contributed by atoms with Gasteiger partial charge in [-0.05, 0) is 31.2 Å². The average molecular weight is 363 g/mol. The van der Waals surface area contributed by atoms with Crippen LogP contribution in [0.15, 0.2) is 42.5 Å². The van der Waals surface area contributed by atoms with E-state index < -0.39 is 35.7 Å². The van der Waals surface area contributed by atoms with Crippen LogP contribution in [0, 0.1) is 11.6 Å². The third kappa shape index (κ3) is 3.90. The van der Waals surface area contributed by atoms with Crippen molar-refractivity contribution in [2.45, 2.75) is 19.1 Å². The highest BCUT2D eigenvalue weighted by atomic mass is 19.1. The Morgan fingerprint density at radius 1 is 1.19 bits per heavy atom. The molecule has 0 spiro atoms. The Balaban J connectivity index is 1.59. The van der Waals surface area contributed by atoms with Gasteiger partial charge in [0, 0.05) is 6.07 Å². The summed E-state index contributed by atoms with van der Waals surface area (Å²) in [6.45, 7) is 1.24. The number of nitrogens with one attached hydrogen (secondary N) is 1. The van der Waals surface area contributed by atoms with E-state index in [-0.39, 0.29) is 12.3 Å². The third-order valence-corrected chi connectivity index (χ3v) is 3.62. The van der Waals surface area contributed by atoms with E-state index in [9.17, 15) is 18.4 Å². The summed E-state index contributed by atoms with van der Waals surface area (Å²) in [7, 11) is 0. The SMILES string of the molecule is C[C@H](OC(=O)[C@@H]1COc2ccccc2O1)C(=O)Nc1cc(F)ccc1F. The number of anilines is 1. The summed E-state index contributed by atoms with van der Waals surface area (Å²) >= 11 is 0. The van der Waals surface area contributed by atoms with Gasteiger partial charge in [-0.3, -0.25) is 4.79 Å². The van der Waals surface area contributed by atoms with Crippen molar-refractivity contribution in [3.63, 3.8) is 0 Å². The van der Waals surface area contributed by atoms with E-state index in [1.807, 2.05) is 0 Å². The lowest BCUT2D eigenvalue weighted by Gasteiger charge is -2.25. The minimum Gasteiger partial charge on any atom is -0.485 e. The number of fused-ring (bicyclic) bond motifs is 1. The molecule has 26 heavy (non-hydrogen) atoms. The number of hydrogen-bond donors (Lipinski definition) is 1. The second-order valence-electron chi connectivity index (χ2n) is 5.56. The number of para-hydroxylation sites is 2. The van der Waals surface area contributed by atoms with Gasteiger partial charge in [0.15, 0.2) is 17.6 Å². The molecular weight excluding hydrogens is 348 g/mol. The normalized spacial score (nSPS) is 16.5. The van der Waals surface area contributed by atoms with E-state index in [1.54, 1.807) is 24.3 Å². The van der Waals surface area contributed by atoms with Crippen LogP contribution in [0.2, 0.25) is 0 Å². The second-order valence-corrected chi connectivity index (χ2v) is 5.56. The zero-order valence-electron chi connectivity index (χ0n) is 13.7. The Morgan fingerprint density at radius 2 is 1.92 bits per heavy atom. The van der Waals surface area contributed by atoms with Gasteiger partial charge in [-0.2, -0.15) is 0 Å². The molecule has 1 amide bonds. The van der Waals surface area contributed by atoms with E-state index in [0.29, 0.717) is 11.5 Å². The average Bonchev–Trinajstić information content (AvgIpc) is 2.64. The molecule has 2 aromatic carbocycles. The van der Waals surface area contributed by atoms with Crippen molar-refractivity contribution in [1.82, 2.24) is 0 Å². The summed E-state index contributed by atoms with van der Waals surface area (Å²) in [6, 6.07) is 9.45.